The van der Waals surface area contributed by atoms with Crippen molar-refractivity contribution in [1.82, 2.24) is 5.32 Å². The molecule has 1 aromatic rings. The molecule has 0 saturated heterocycles. The van der Waals surface area contributed by atoms with E-state index in [1.165, 1.54) is 0 Å². The minimum Gasteiger partial charge on any atom is -0.347 e. The van der Waals surface area contributed by atoms with Crippen molar-refractivity contribution in [2.24, 2.45) is 0 Å². The van der Waals surface area contributed by atoms with E-state index in [2.05, 4.69) is 27.8 Å². The van der Waals surface area contributed by atoms with Crippen LogP contribution in [0.3, 0.4) is 0 Å². The Kier molecular flexibility index (Phi) is 4.36. The van der Waals surface area contributed by atoms with Gasteiger partial charge in [0.1, 0.15) is 0 Å². The number of carbonyl (C=O) groups is 1. The van der Waals surface area contributed by atoms with Crippen molar-refractivity contribution in [2.45, 2.75) is 6.92 Å². The number of hydrogen-bond acceptors (Lipinski definition) is 1. The van der Waals surface area contributed by atoms with Gasteiger partial charge in [-0.05, 0) is 34.5 Å². The third-order valence-corrected chi connectivity index (χ3v) is 3.06. The van der Waals surface area contributed by atoms with Crippen LogP contribution in [0.4, 0.5) is 0 Å². The summed E-state index contributed by atoms with van der Waals surface area (Å²) in [5.74, 6) is -0.160. The van der Waals surface area contributed by atoms with Crippen LogP contribution in [0.25, 0.3) is 0 Å². The summed E-state index contributed by atoms with van der Waals surface area (Å²) in [6.07, 6.45) is 0. The van der Waals surface area contributed by atoms with Gasteiger partial charge in [-0.1, -0.05) is 30.3 Å². The van der Waals surface area contributed by atoms with Crippen LogP contribution in [0.5, 0.6) is 0 Å². The molecule has 0 aromatic heterocycles. The van der Waals surface area contributed by atoms with Crippen LogP contribution in [-0.2, 0) is 0 Å². The van der Waals surface area contributed by atoms with Crippen molar-refractivity contribution in [2.75, 3.05) is 6.54 Å². The number of rotatable bonds is 3. The average molecular weight is 289 g/mol. The van der Waals surface area contributed by atoms with Crippen LogP contribution in [-0.4, -0.2) is 12.5 Å². The summed E-state index contributed by atoms with van der Waals surface area (Å²) in [7, 11) is 0. The molecular formula is C11H11BrClNO. The fourth-order valence-corrected chi connectivity index (χ4v) is 1.61. The first-order valence-electron chi connectivity index (χ1n) is 4.39. The molecule has 1 N–H and O–H groups in total. The molecule has 0 heterocycles. The highest BCUT2D eigenvalue weighted by molar-refractivity contribution is 9.10. The molecule has 2 nitrogen and oxygen atoms in total. The monoisotopic (exact) mass is 287 g/mol. The summed E-state index contributed by atoms with van der Waals surface area (Å²) in [5, 5.41) is 3.08. The Morgan fingerprint density at radius 1 is 1.60 bits per heavy atom. The fraction of sp³-hybridized carbons (Fsp3) is 0.182. The van der Waals surface area contributed by atoms with Crippen LogP contribution in [0.1, 0.15) is 15.9 Å². The van der Waals surface area contributed by atoms with Gasteiger partial charge in [-0.25, -0.2) is 0 Å². The van der Waals surface area contributed by atoms with E-state index in [1.807, 2.05) is 19.1 Å². The summed E-state index contributed by atoms with van der Waals surface area (Å²) >= 11 is 8.93. The molecule has 80 valence electrons. The van der Waals surface area contributed by atoms with Crippen molar-refractivity contribution in [1.29, 1.82) is 0 Å². The first kappa shape index (κ1) is 12.3. The minimum absolute atomic E-state index is 0.160. The summed E-state index contributed by atoms with van der Waals surface area (Å²) in [5.41, 5.74) is 1.63. The van der Waals surface area contributed by atoms with Crippen LogP contribution in [0.15, 0.2) is 34.3 Å². The molecule has 0 fully saturated rings. The second-order valence-corrected chi connectivity index (χ2v) is 4.46. The third kappa shape index (κ3) is 3.36. The molecule has 4 heteroatoms. The van der Waals surface area contributed by atoms with E-state index in [4.69, 9.17) is 11.6 Å². The van der Waals surface area contributed by atoms with Crippen molar-refractivity contribution < 1.29 is 4.79 Å². The zero-order valence-corrected chi connectivity index (χ0v) is 10.7. The maximum atomic E-state index is 11.7. The predicted octanol–water partition coefficient (Wildman–Crippen LogP) is 3.24. The summed E-state index contributed by atoms with van der Waals surface area (Å²) < 4.78 is 0.808. The highest BCUT2D eigenvalue weighted by Gasteiger charge is 2.10. The van der Waals surface area contributed by atoms with Gasteiger partial charge in [0, 0.05) is 9.51 Å². The SMILES string of the molecule is C=C(Cl)CNC(=O)c1cccc(C)c1Br. The standard InChI is InChI=1S/C11H11BrClNO/c1-7-4-3-5-9(10(7)12)11(15)14-6-8(2)13/h3-5H,2,6H2,1H3,(H,14,15). The predicted molar refractivity (Wildman–Crippen MR) is 66.2 cm³/mol. The van der Waals surface area contributed by atoms with Gasteiger partial charge < -0.3 is 5.32 Å². The summed E-state index contributed by atoms with van der Waals surface area (Å²) in [4.78, 5) is 11.7. The second kappa shape index (κ2) is 5.33. The molecular weight excluding hydrogens is 277 g/mol. The van der Waals surface area contributed by atoms with Crippen molar-refractivity contribution in [3.8, 4) is 0 Å². The highest BCUT2D eigenvalue weighted by Crippen LogP contribution is 2.20. The smallest absolute Gasteiger partial charge is 0.252 e. The molecule has 0 saturated carbocycles. The number of amides is 1. The van der Waals surface area contributed by atoms with E-state index in [0.717, 1.165) is 10.0 Å². The normalized spacial score (nSPS) is 9.80. The molecule has 1 aromatic carbocycles. The first-order chi connectivity index (χ1) is 7.02. The maximum Gasteiger partial charge on any atom is 0.252 e. The number of carbonyl (C=O) groups excluding carboxylic acids is 1. The Balaban J connectivity index is 2.82. The average Bonchev–Trinajstić information content (AvgIpc) is 2.18. The van der Waals surface area contributed by atoms with Crippen LogP contribution >= 0.6 is 27.5 Å². The third-order valence-electron chi connectivity index (χ3n) is 1.88. The van der Waals surface area contributed by atoms with Gasteiger partial charge in [0.2, 0.25) is 0 Å². The molecule has 0 bridgehead atoms. The van der Waals surface area contributed by atoms with Gasteiger partial charge in [-0.2, -0.15) is 0 Å². The summed E-state index contributed by atoms with van der Waals surface area (Å²) in [6.45, 7) is 5.71. The quantitative estimate of drug-likeness (QED) is 0.909. The Hall–Kier alpha value is -0.800. The largest absolute Gasteiger partial charge is 0.347 e. The molecule has 0 aliphatic heterocycles. The highest BCUT2D eigenvalue weighted by atomic mass is 79.9. The molecule has 0 atom stereocenters. The number of halogens is 2. The lowest BCUT2D eigenvalue weighted by molar-refractivity contribution is 0.0957. The zero-order chi connectivity index (χ0) is 11.4. The van der Waals surface area contributed by atoms with E-state index >= 15 is 0 Å². The zero-order valence-electron chi connectivity index (χ0n) is 8.31. The molecule has 0 unspecified atom stereocenters. The molecule has 0 spiro atoms. The maximum absolute atomic E-state index is 11.7. The Bertz CT molecular complexity index is 404. The van der Waals surface area contributed by atoms with Crippen LogP contribution in [0.2, 0.25) is 0 Å². The number of nitrogens with one attached hydrogen (secondary N) is 1. The van der Waals surface area contributed by atoms with Gasteiger partial charge >= 0.3 is 0 Å². The molecule has 0 aliphatic carbocycles. The van der Waals surface area contributed by atoms with E-state index in [1.54, 1.807) is 6.07 Å². The topological polar surface area (TPSA) is 29.1 Å². The lowest BCUT2D eigenvalue weighted by atomic mass is 10.1. The van der Waals surface area contributed by atoms with Gasteiger partial charge in [-0.3, -0.25) is 4.79 Å². The Labute approximate surface area is 102 Å². The van der Waals surface area contributed by atoms with E-state index in [-0.39, 0.29) is 12.5 Å². The molecule has 15 heavy (non-hydrogen) atoms. The number of hydrogen-bond donors (Lipinski definition) is 1. The van der Waals surface area contributed by atoms with E-state index in [9.17, 15) is 4.79 Å². The number of aryl methyl sites for hydroxylation is 1. The lowest BCUT2D eigenvalue weighted by Crippen LogP contribution is -2.24. The van der Waals surface area contributed by atoms with Crippen molar-refractivity contribution in [3.63, 3.8) is 0 Å². The molecule has 0 aliphatic rings. The molecule has 1 rings (SSSR count). The molecule has 1 amide bonds. The Morgan fingerprint density at radius 3 is 2.87 bits per heavy atom. The summed E-state index contributed by atoms with van der Waals surface area (Å²) in [6, 6.07) is 5.52. The van der Waals surface area contributed by atoms with E-state index in [0.29, 0.717) is 10.6 Å². The van der Waals surface area contributed by atoms with Crippen LogP contribution in [0, 0.1) is 6.92 Å². The van der Waals surface area contributed by atoms with Gasteiger partial charge in [0.15, 0.2) is 0 Å². The second-order valence-electron chi connectivity index (χ2n) is 3.14. The number of benzene rings is 1. The van der Waals surface area contributed by atoms with Gasteiger partial charge in [0.25, 0.3) is 5.91 Å². The van der Waals surface area contributed by atoms with E-state index < -0.39 is 0 Å². The van der Waals surface area contributed by atoms with Crippen molar-refractivity contribution >= 4 is 33.4 Å². The first-order valence-corrected chi connectivity index (χ1v) is 5.56. The Morgan fingerprint density at radius 2 is 2.27 bits per heavy atom. The van der Waals surface area contributed by atoms with Crippen molar-refractivity contribution in [3.05, 3.63) is 45.4 Å². The van der Waals surface area contributed by atoms with Crippen LogP contribution < -0.4 is 5.32 Å². The van der Waals surface area contributed by atoms with Gasteiger partial charge in [-0.15, -0.1) is 0 Å². The fourth-order valence-electron chi connectivity index (χ4n) is 1.09. The van der Waals surface area contributed by atoms with Gasteiger partial charge in [0.05, 0.1) is 12.1 Å². The molecule has 0 radical (unpaired) electrons. The minimum atomic E-state index is -0.160. The lowest BCUT2D eigenvalue weighted by Gasteiger charge is -2.07.